The lowest BCUT2D eigenvalue weighted by Crippen LogP contribution is -2.45. The van der Waals surface area contributed by atoms with Gasteiger partial charge in [0.1, 0.15) is 5.52 Å². The van der Waals surface area contributed by atoms with Crippen molar-refractivity contribution in [3.63, 3.8) is 0 Å². The van der Waals surface area contributed by atoms with Crippen molar-refractivity contribution in [3.05, 3.63) is 29.7 Å². The minimum absolute atomic E-state index is 0.574. The first-order chi connectivity index (χ1) is 8.63. The Labute approximate surface area is 107 Å². The lowest BCUT2D eigenvalue weighted by molar-refractivity contribution is -0.0404. The van der Waals surface area contributed by atoms with Crippen LogP contribution in [0, 0.1) is 18.3 Å². The monoisotopic (exact) mass is 241 g/mol. The van der Waals surface area contributed by atoms with Crippen molar-refractivity contribution in [2.75, 3.05) is 0 Å². The molecule has 1 aromatic heterocycles. The third-order valence-electron chi connectivity index (χ3n) is 4.83. The van der Waals surface area contributed by atoms with Gasteiger partial charge < -0.3 is 4.42 Å². The van der Waals surface area contributed by atoms with Crippen molar-refractivity contribution in [2.45, 2.75) is 45.4 Å². The smallest absolute Gasteiger partial charge is 0.198 e. The topological polar surface area (TPSA) is 26.0 Å². The summed E-state index contributed by atoms with van der Waals surface area (Å²) in [5.41, 5.74) is 3.88. The van der Waals surface area contributed by atoms with Crippen molar-refractivity contribution >= 4 is 11.1 Å². The average Bonchev–Trinajstić information content (AvgIpc) is 2.63. The molecule has 0 amide bonds. The minimum Gasteiger partial charge on any atom is -0.440 e. The van der Waals surface area contributed by atoms with Gasteiger partial charge in [0.25, 0.3) is 0 Å². The van der Waals surface area contributed by atoms with Gasteiger partial charge in [-0.05, 0) is 61.6 Å². The molecule has 0 unspecified atom stereocenters. The molecule has 18 heavy (non-hydrogen) atoms. The lowest BCUT2D eigenvalue weighted by atomic mass is 9.48. The van der Waals surface area contributed by atoms with Crippen LogP contribution in [0.1, 0.15) is 50.0 Å². The summed E-state index contributed by atoms with van der Waals surface area (Å²) < 4.78 is 5.90. The van der Waals surface area contributed by atoms with E-state index in [1.54, 1.807) is 0 Å². The molecule has 2 saturated carbocycles. The van der Waals surface area contributed by atoms with E-state index in [4.69, 9.17) is 4.42 Å². The van der Waals surface area contributed by atoms with Gasteiger partial charge in [0.15, 0.2) is 11.5 Å². The first-order valence-electron chi connectivity index (χ1n) is 7.01. The number of hydrogen-bond donors (Lipinski definition) is 0. The number of hydrogen-bond acceptors (Lipinski definition) is 2. The quantitative estimate of drug-likeness (QED) is 0.738. The van der Waals surface area contributed by atoms with Crippen LogP contribution in [0.15, 0.2) is 22.6 Å². The Morgan fingerprint density at radius 1 is 1.22 bits per heavy atom. The molecular formula is C16H19NO. The Morgan fingerprint density at radius 2 is 2.00 bits per heavy atom. The molecule has 0 aliphatic heterocycles. The fraction of sp³-hybridized carbons (Fsp3) is 0.562. The molecule has 2 nitrogen and oxygen atoms in total. The highest BCUT2D eigenvalue weighted by Crippen LogP contribution is 2.63. The second-order valence-corrected chi connectivity index (χ2v) is 6.64. The summed E-state index contributed by atoms with van der Waals surface area (Å²) >= 11 is 0. The molecule has 94 valence electrons. The van der Waals surface area contributed by atoms with Crippen molar-refractivity contribution in [3.8, 4) is 0 Å². The van der Waals surface area contributed by atoms with Crippen LogP contribution < -0.4 is 0 Å². The molecule has 2 aliphatic carbocycles. The van der Waals surface area contributed by atoms with Gasteiger partial charge in [0, 0.05) is 5.92 Å². The summed E-state index contributed by atoms with van der Waals surface area (Å²) in [4.78, 5) is 4.67. The van der Waals surface area contributed by atoms with E-state index in [1.165, 1.54) is 31.2 Å². The molecule has 0 N–H and O–H groups in total. The van der Waals surface area contributed by atoms with Crippen LogP contribution >= 0.6 is 0 Å². The van der Waals surface area contributed by atoms with Crippen LogP contribution in [0.5, 0.6) is 0 Å². The summed E-state index contributed by atoms with van der Waals surface area (Å²) in [6.45, 7) is 4.46. The van der Waals surface area contributed by atoms with Crippen molar-refractivity contribution in [1.82, 2.24) is 4.98 Å². The average molecular weight is 241 g/mol. The standard InChI is InChI=1S/C16H19NO/c1-10-3-4-14-13(5-10)17-15(18-14)12-8-16(9-12)6-11(2)7-16/h3-5,11-12H,6-9H2,1-2H3. The third kappa shape index (κ3) is 1.44. The highest BCUT2D eigenvalue weighted by molar-refractivity contribution is 5.73. The summed E-state index contributed by atoms with van der Waals surface area (Å²) in [6.07, 6.45) is 5.43. The number of aryl methyl sites for hydroxylation is 1. The maximum atomic E-state index is 5.90. The molecule has 0 saturated heterocycles. The fourth-order valence-corrected chi connectivity index (χ4v) is 4.14. The zero-order valence-electron chi connectivity index (χ0n) is 11.1. The van der Waals surface area contributed by atoms with Crippen molar-refractivity contribution in [1.29, 1.82) is 0 Å². The summed E-state index contributed by atoms with van der Waals surface area (Å²) in [5, 5.41) is 0. The van der Waals surface area contributed by atoms with Gasteiger partial charge in [-0.15, -0.1) is 0 Å². The van der Waals surface area contributed by atoms with Gasteiger partial charge in [0.05, 0.1) is 0 Å². The molecule has 4 rings (SSSR count). The van der Waals surface area contributed by atoms with Gasteiger partial charge in [-0.25, -0.2) is 4.98 Å². The van der Waals surface area contributed by atoms with E-state index in [0.717, 1.165) is 22.9 Å². The van der Waals surface area contributed by atoms with Gasteiger partial charge >= 0.3 is 0 Å². The Balaban J connectivity index is 1.57. The first kappa shape index (κ1) is 10.6. The van der Waals surface area contributed by atoms with Crippen LogP contribution in [0.4, 0.5) is 0 Å². The molecule has 0 atom stereocenters. The van der Waals surface area contributed by atoms with E-state index in [-0.39, 0.29) is 0 Å². The van der Waals surface area contributed by atoms with Gasteiger partial charge in [-0.2, -0.15) is 0 Å². The number of rotatable bonds is 1. The van der Waals surface area contributed by atoms with Crippen LogP contribution in [-0.2, 0) is 0 Å². The van der Waals surface area contributed by atoms with Crippen LogP contribution in [-0.4, -0.2) is 4.98 Å². The summed E-state index contributed by atoms with van der Waals surface area (Å²) in [7, 11) is 0. The maximum Gasteiger partial charge on any atom is 0.198 e. The molecule has 2 fully saturated rings. The second kappa shape index (κ2) is 3.37. The Kier molecular flexibility index (Phi) is 1.98. The number of aromatic nitrogens is 1. The van der Waals surface area contributed by atoms with Crippen LogP contribution in [0.25, 0.3) is 11.1 Å². The first-order valence-corrected chi connectivity index (χ1v) is 7.01. The molecule has 1 spiro atoms. The normalized spacial score (nSPS) is 34.6. The van der Waals surface area contributed by atoms with Crippen molar-refractivity contribution in [2.24, 2.45) is 11.3 Å². The van der Waals surface area contributed by atoms with Crippen molar-refractivity contribution < 1.29 is 4.42 Å². The van der Waals surface area contributed by atoms with Crippen LogP contribution in [0.3, 0.4) is 0 Å². The summed E-state index contributed by atoms with van der Waals surface area (Å²) in [5.74, 6) is 2.49. The van der Waals surface area contributed by atoms with E-state index < -0.39 is 0 Å². The van der Waals surface area contributed by atoms with Gasteiger partial charge in [-0.1, -0.05) is 13.0 Å². The Morgan fingerprint density at radius 3 is 2.72 bits per heavy atom. The third-order valence-corrected chi connectivity index (χ3v) is 4.83. The molecule has 1 aromatic carbocycles. The number of fused-ring (bicyclic) bond motifs is 1. The molecule has 0 bridgehead atoms. The fourth-order valence-electron chi connectivity index (χ4n) is 4.14. The molecule has 2 aromatic rings. The molecule has 2 aliphatic rings. The largest absolute Gasteiger partial charge is 0.440 e. The molecule has 1 heterocycles. The lowest BCUT2D eigenvalue weighted by Gasteiger charge is -2.56. The zero-order valence-corrected chi connectivity index (χ0v) is 11.1. The second-order valence-electron chi connectivity index (χ2n) is 6.64. The predicted octanol–water partition coefficient (Wildman–Crippen LogP) is 4.43. The maximum absolute atomic E-state index is 5.90. The van der Waals surface area contributed by atoms with E-state index in [2.05, 4.69) is 31.0 Å². The van der Waals surface area contributed by atoms with Gasteiger partial charge in [0.2, 0.25) is 0 Å². The SMILES string of the molecule is Cc1ccc2oc(C3CC4(CC(C)C4)C3)nc2c1. The van der Waals surface area contributed by atoms with Gasteiger partial charge in [-0.3, -0.25) is 0 Å². The molecular weight excluding hydrogens is 222 g/mol. The highest BCUT2D eigenvalue weighted by atomic mass is 16.3. The van der Waals surface area contributed by atoms with E-state index >= 15 is 0 Å². The summed E-state index contributed by atoms with van der Waals surface area (Å²) in [6, 6.07) is 6.25. The van der Waals surface area contributed by atoms with E-state index in [0.29, 0.717) is 11.3 Å². The van der Waals surface area contributed by atoms with Crippen LogP contribution in [0.2, 0.25) is 0 Å². The molecule has 2 heteroatoms. The number of nitrogens with zero attached hydrogens (tertiary/aromatic N) is 1. The van der Waals surface area contributed by atoms with E-state index in [1.807, 2.05) is 6.07 Å². The highest BCUT2D eigenvalue weighted by Gasteiger charge is 2.52. The Hall–Kier alpha value is -1.31. The number of oxazole rings is 1. The minimum atomic E-state index is 0.574. The number of benzene rings is 1. The van der Waals surface area contributed by atoms with E-state index in [9.17, 15) is 0 Å². The zero-order chi connectivity index (χ0) is 12.3. The predicted molar refractivity (Wildman–Crippen MR) is 71.6 cm³/mol. The molecule has 0 radical (unpaired) electrons. The Bertz CT molecular complexity index is 599.